The van der Waals surface area contributed by atoms with E-state index >= 15 is 0 Å². The van der Waals surface area contributed by atoms with Crippen LogP contribution in [0.5, 0.6) is 0 Å². The Morgan fingerprint density at radius 2 is 2.00 bits per heavy atom. The summed E-state index contributed by atoms with van der Waals surface area (Å²) in [6, 6.07) is 2.01. The number of nitrogens with zero attached hydrogens (tertiary/aromatic N) is 1. The van der Waals surface area contributed by atoms with E-state index in [9.17, 15) is 9.90 Å². The Morgan fingerprint density at radius 1 is 1.38 bits per heavy atom. The van der Waals surface area contributed by atoms with Crippen molar-refractivity contribution in [2.45, 2.75) is 76.6 Å². The Balaban J connectivity index is 2.30. The minimum Gasteiger partial charge on any atom is -0.432 e. The molecule has 1 aromatic rings. The van der Waals surface area contributed by atoms with E-state index in [1.807, 2.05) is 26.1 Å². The largest absolute Gasteiger partial charge is 0.432 e. The van der Waals surface area contributed by atoms with Crippen LogP contribution in [0, 0.1) is 11.8 Å². The molecule has 5 heteroatoms. The van der Waals surface area contributed by atoms with Gasteiger partial charge in [0.25, 0.3) is 0 Å². The molecule has 2 rings (SSSR count). The molecule has 0 aromatic carbocycles. The van der Waals surface area contributed by atoms with Gasteiger partial charge in [-0.25, -0.2) is 0 Å². The molecule has 0 radical (unpaired) electrons. The summed E-state index contributed by atoms with van der Waals surface area (Å²) in [5, 5.41) is 11.0. The predicted molar refractivity (Wildman–Crippen MR) is 102 cm³/mol. The van der Waals surface area contributed by atoms with Gasteiger partial charge in [-0.3, -0.25) is 4.98 Å². The highest BCUT2D eigenvalue weighted by molar-refractivity contribution is 6.72. The third-order valence-corrected chi connectivity index (χ3v) is 10.3. The van der Waals surface area contributed by atoms with Crippen molar-refractivity contribution < 1.29 is 9.90 Å². The molecule has 0 saturated heterocycles. The van der Waals surface area contributed by atoms with E-state index in [-0.39, 0.29) is 16.9 Å². The Morgan fingerprint density at radius 3 is 2.54 bits per heavy atom. The van der Waals surface area contributed by atoms with E-state index in [2.05, 4.69) is 25.8 Å². The fraction of sp³-hybridized carbons (Fsp3) is 0.737. The highest BCUT2D eigenvalue weighted by Crippen LogP contribution is 2.52. The van der Waals surface area contributed by atoms with Gasteiger partial charge in [-0.05, 0) is 73.7 Å². The molecule has 0 unspecified atom stereocenters. The lowest BCUT2D eigenvalue weighted by atomic mass is 9.62. The first kappa shape index (κ1) is 19.4. The van der Waals surface area contributed by atoms with Crippen molar-refractivity contribution in [1.29, 1.82) is 0 Å². The van der Waals surface area contributed by atoms with Crippen LogP contribution in [-0.2, 0) is 0 Å². The molecule has 1 aliphatic carbocycles. The Labute approximate surface area is 147 Å². The summed E-state index contributed by atoms with van der Waals surface area (Å²) in [4.78, 5) is 14.8. The van der Waals surface area contributed by atoms with Crippen LogP contribution in [0.3, 0.4) is 0 Å². The van der Waals surface area contributed by atoms with E-state index in [4.69, 9.17) is 5.73 Å². The molecule has 1 saturated carbocycles. The molecule has 0 bridgehead atoms. The summed E-state index contributed by atoms with van der Waals surface area (Å²) in [6.07, 6.45) is 6.18. The van der Waals surface area contributed by atoms with Gasteiger partial charge in [0.05, 0.1) is 17.5 Å². The van der Waals surface area contributed by atoms with Gasteiger partial charge >= 0.3 is 0 Å². The molecule has 4 nitrogen and oxygen atoms in total. The highest BCUT2D eigenvalue weighted by Gasteiger charge is 2.49. The van der Waals surface area contributed by atoms with Crippen molar-refractivity contribution in [1.82, 2.24) is 4.98 Å². The smallest absolute Gasteiger partial charge is 0.188 e. The lowest BCUT2D eigenvalue weighted by molar-refractivity contribution is -0.0847. The molecule has 0 spiro atoms. The zero-order valence-electron chi connectivity index (χ0n) is 16.0. The lowest BCUT2D eigenvalue weighted by Gasteiger charge is -2.49. The second-order valence-electron chi connectivity index (χ2n) is 9.14. The maximum absolute atomic E-state index is 11.2. The maximum Gasteiger partial charge on any atom is 0.188 e. The van der Waals surface area contributed by atoms with Gasteiger partial charge in [0.2, 0.25) is 0 Å². The molecule has 4 N–H and O–H groups in total. The van der Waals surface area contributed by atoms with Crippen LogP contribution in [0.15, 0.2) is 18.5 Å². The fourth-order valence-corrected chi connectivity index (χ4v) is 4.69. The molecule has 136 valence electrons. The molecule has 1 aromatic heterocycles. The molecule has 0 aliphatic heterocycles. The molecular formula is C19H34N2O2Si. The fourth-order valence-electron chi connectivity index (χ4n) is 3.94. The minimum absolute atomic E-state index is 0.146. The van der Waals surface area contributed by atoms with Crippen molar-refractivity contribution in [2.75, 3.05) is 5.73 Å². The van der Waals surface area contributed by atoms with E-state index < -0.39 is 13.9 Å². The van der Waals surface area contributed by atoms with Gasteiger partial charge < -0.3 is 15.6 Å². The molecular weight excluding hydrogens is 316 g/mol. The Hall–Kier alpha value is -0.913. The number of hydrogen-bond acceptors (Lipinski definition) is 4. The zero-order valence-corrected chi connectivity index (χ0v) is 17.0. The number of pyridine rings is 1. The second kappa shape index (κ2) is 6.43. The number of hydrogen-bond donors (Lipinski definition) is 3. The van der Waals surface area contributed by atoms with Crippen molar-refractivity contribution in [2.24, 2.45) is 11.8 Å². The topological polar surface area (TPSA) is 79.4 Å². The first-order chi connectivity index (χ1) is 10.9. The third kappa shape index (κ3) is 3.68. The van der Waals surface area contributed by atoms with Gasteiger partial charge in [-0.2, -0.15) is 0 Å². The average molecular weight is 351 g/mol. The van der Waals surface area contributed by atoms with E-state index in [0.717, 1.165) is 30.5 Å². The number of rotatable bonds is 4. The number of nitrogens with two attached hydrogens (primary N) is 1. The summed E-state index contributed by atoms with van der Waals surface area (Å²) >= 11 is 0. The first-order valence-electron chi connectivity index (χ1n) is 9.00. The van der Waals surface area contributed by atoms with Gasteiger partial charge in [0.15, 0.2) is 8.32 Å². The SMILES string of the molecule is C[C@H]1C[C@@H](c2ccncc2N)C[C@@H](CC(C)(C)[Si](C)(C)O)[C@]1(C)O. The summed E-state index contributed by atoms with van der Waals surface area (Å²) in [5.41, 5.74) is 7.33. The minimum atomic E-state index is -2.31. The molecule has 4 atom stereocenters. The van der Waals surface area contributed by atoms with Crippen LogP contribution in [-0.4, -0.2) is 28.8 Å². The average Bonchev–Trinajstić information content (AvgIpc) is 2.43. The molecule has 1 heterocycles. The van der Waals surface area contributed by atoms with Crippen LogP contribution in [0.1, 0.15) is 58.4 Å². The van der Waals surface area contributed by atoms with Crippen LogP contribution in [0.4, 0.5) is 5.69 Å². The monoisotopic (exact) mass is 350 g/mol. The molecule has 0 amide bonds. The summed E-state index contributed by atoms with van der Waals surface area (Å²) in [7, 11) is -2.31. The van der Waals surface area contributed by atoms with Gasteiger partial charge in [-0.15, -0.1) is 0 Å². The molecule has 24 heavy (non-hydrogen) atoms. The predicted octanol–water partition coefficient (Wildman–Crippen LogP) is 3.91. The van der Waals surface area contributed by atoms with E-state index in [0.29, 0.717) is 5.92 Å². The van der Waals surface area contributed by atoms with Crippen LogP contribution >= 0.6 is 0 Å². The van der Waals surface area contributed by atoms with E-state index in [1.54, 1.807) is 12.4 Å². The number of anilines is 1. The van der Waals surface area contributed by atoms with Crippen LogP contribution in [0.25, 0.3) is 0 Å². The summed E-state index contributed by atoms with van der Waals surface area (Å²) in [6.45, 7) is 12.4. The van der Waals surface area contributed by atoms with Crippen LogP contribution < -0.4 is 5.73 Å². The normalized spacial score (nSPS) is 31.9. The van der Waals surface area contributed by atoms with Crippen molar-refractivity contribution >= 4 is 14.0 Å². The molecule has 1 fully saturated rings. The Kier molecular flexibility index (Phi) is 5.20. The Bertz CT molecular complexity index is 581. The highest BCUT2D eigenvalue weighted by atomic mass is 28.4. The number of aliphatic hydroxyl groups is 1. The maximum atomic E-state index is 11.2. The lowest BCUT2D eigenvalue weighted by Crippen LogP contribution is -2.50. The third-order valence-electron chi connectivity index (χ3n) is 6.77. The summed E-state index contributed by atoms with van der Waals surface area (Å²) < 4.78 is 0. The van der Waals surface area contributed by atoms with Crippen molar-refractivity contribution in [3.05, 3.63) is 24.0 Å². The van der Waals surface area contributed by atoms with E-state index in [1.165, 1.54) is 0 Å². The molecule has 1 aliphatic rings. The van der Waals surface area contributed by atoms with Crippen molar-refractivity contribution in [3.8, 4) is 0 Å². The number of nitrogen functional groups attached to an aromatic ring is 1. The van der Waals surface area contributed by atoms with Gasteiger partial charge in [-0.1, -0.05) is 20.8 Å². The van der Waals surface area contributed by atoms with Gasteiger partial charge in [0.1, 0.15) is 0 Å². The first-order valence-corrected chi connectivity index (χ1v) is 11.9. The zero-order chi connectivity index (χ0) is 18.3. The summed E-state index contributed by atoms with van der Waals surface area (Å²) in [5.74, 6) is 0.674. The standard InChI is InChI=1S/C19H34N2O2Si/c1-13-9-14(16-7-8-21-12-17(16)20)10-15(19(13,4)22)11-18(2,3)24(5,6)23/h7-8,12-15,22-23H,9-11,20H2,1-6H3/t13-,14+,15-,19+/m0/s1. The second-order valence-corrected chi connectivity index (χ2v) is 13.6. The quantitative estimate of drug-likeness (QED) is 0.719. The van der Waals surface area contributed by atoms with Gasteiger partial charge in [0, 0.05) is 6.20 Å². The number of aromatic nitrogens is 1. The van der Waals surface area contributed by atoms with Crippen molar-refractivity contribution in [3.63, 3.8) is 0 Å². The van der Waals surface area contributed by atoms with Crippen LogP contribution in [0.2, 0.25) is 18.1 Å².